The molecule has 3 rings (SSSR count). The van der Waals surface area contributed by atoms with Crippen molar-refractivity contribution in [2.75, 3.05) is 25.7 Å². The highest BCUT2D eigenvalue weighted by molar-refractivity contribution is 5.88. The summed E-state index contributed by atoms with van der Waals surface area (Å²) in [6.45, 7) is 2.81. The van der Waals surface area contributed by atoms with Crippen LogP contribution in [0.1, 0.15) is 48.5 Å². The molecule has 0 N–H and O–H groups in total. The largest absolute Gasteiger partial charge is 0.493 e. The van der Waals surface area contributed by atoms with E-state index in [9.17, 15) is 4.79 Å². The number of aliphatic imine (C=N–C) groups is 1. The highest BCUT2D eigenvalue weighted by Gasteiger charge is 2.24. The molecule has 0 saturated heterocycles. The van der Waals surface area contributed by atoms with Crippen LogP contribution >= 0.6 is 0 Å². The van der Waals surface area contributed by atoms with Gasteiger partial charge in [0, 0.05) is 30.6 Å². The van der Waals surface area contributed by atoms with Gasteiger partial charge in [0.25, 0.3) is 0 Å². The van der Waals surface area contributed by atoms with Gasteiger partial charge in [0.05, 0.1) is 25.4 Å². The first-order chi connectivity index (χ1) is 14.2. The molecule has 1 atom stereocenters. The van der Waals surface area contributed by atoms with E-state index in [0.29, 0.717) is 29.4 Å². The third kappa shape index (κ3) is 4.97. The third-order valence-corrected chi connectivity index (χ3v) is 5.38. The first-order valence-corrected chi connectivity index (χ1v) is 10.3. The molecule has 0 amide bonds. The van der Waals surface area contributed by atoms with Crippen molar-refractivity contribution in [1.82, 2.24) is 0 Å². The number of hydrogen-bond donors (Lipinski definition) is 0. The predicted octanol–water partition coefficient (Wildman–Crippen LogP) is 5.23. The van der Waals surface area contributed by atoms with E-state index in [4.69, 9.17) is 9.47 Å². The van der Waals surface area contributed by atoms with Crippen LogP contribution in [0.4, 0.5) is 11.4 Å². The Morgan fingerprint density at radius 1 is 1.17 bits per heavy atom. The van der Waals surface area contributed by atoms with Crippen molar-refractivity contribution < 1.29 is 14.3 Å². The molecule has 5 nitrogen and oxygen atoms in total. The summed E-state index contributed by atoms with van der Waals surface area (Å²) < 4.78 is 11.3. The number of rotatable bonds is 10. The van der Waals surface area contributed by atoms with Crippen molar-refractivity contribution in [3.8, 4) is 11.5 Å². The van der Waals surface area contributed by atoms with Crippen LogP contribution in [0.25, 0.3) is 0 Å². The highest BCUT2D eigenvalue weighted by atomic mass is 16.5. The highest BCUT2D eigenvalue weighted by Crippen LogP contribution is 2.35. The summed E-state index contributed by atoms with van der Waals surface area (Å²) >= 11 is 0. The summed E-state index contributed by atoms with van der Waals surface area (Å²) in [7, 11) is 3.66. The number of aldehydes is 1. The molecular formula is C24H30N2O3. The summed E-state index contributed by atoms with van der Waals surface area (Å²) in [5.74, 6) is 1.19. The van der Waals surface area contributed by atoms with Crippen molar-refractivity contribution in [2.45, 2.75) is 45.1 Å². The van der Waals surface area contributed by atoms with Crippen molar-refractivity contribution in [3.05, 3.63) is 47.5 Å². The second kappa shape index (κ2) is 10.1. The summed E-state index contributed by atoms with van der Waals surface area (Å²) in [4.78, 5) is 18.5. The summed E-state index contributed by atoms with van der Waals surface area (Å²) in [6, 6.07) is 12.0. The Hall–Kier alpha value is -2.82. The standard InChI is InChI=1S/C24H30N2O3/c1-4-5-6-9-12-29-24-15-21(19(17-27)14-23(24)28-3)25-16-20-13-18-10-7-8-11-22(18)26(20)2/h7-8,10-11,14-17,20H,4-6,9,12-13H2,1-3H3. The van der Waals surface area contributed by atoms with Gasteiger partial charge in [0.15, 0.2) is 17.8 Å². The van der Waals surface area contributed by atoms with E-state index in [1.807, 2.05) is 12.3 Å². The number of hydrogen-bond acceptors (Lipinski definition) is 5. The number of unbranched alkanes of at least 4 members (excludes halogenated alkanes) is 3. The number of anilines is 1. The first kappa shape index (κ1) is 20.9. The second-order valence-electron chi connectivity index (χ2n) is 7.38. The van der Waals surface area contributed by atoms with Gasteiger partial charge < -0.3 is 14.4 Å². The molecule has 0 spiro atoms. The van der Waals surface area contributed by atoms with Crippen LogP contribution in [0.15, 0.2) is 41.4 Å². The normalized spacial score (nSPS) is 15.6. The molecule has 0 aromatic heterocycles. The molecule has 0 bridgehead atoms. The maximum absolute atomic E-state index is 11.6. The minimum absolute atomic E-state index is 0.160. The quantitative estimate of drug-likeness (QED) is 0.314. The van der Waals surface area contributed by atoms with Crippen molar-refractivity contribution >= 4 is 23.9 Å². The van der Waals surface area contributed by atoms with Gasteiger partial charge in [-0.25, -0.2) is 0 Å². The molecule has 2 aromatic carbocycles. The van der Waals surface area contributed by atoms with Crippen LogP contribution in [-0.4, -0.2) is 39.3 Å². The number of fused-ring (bicyclic) bond motifs is 1. The Bertz CT molecular complexity index is 863. The number of para-hydroxylation sites is 1. The maximum atomic E-state index is 11.6. The van der Waals surface area contributed by atoms with E-state index < -0.39 is 0 Å². The monoisotopic (exact) mass is 394 g/mol. The zero-order valence-corrected chi connectivity index (χ0v) is 17.6. The van der Waals surface area contributed by atoms with E-state index in [-0.39, 0.29) is 6.04 Å². The summed E-state index contributed by atoms with van der Waals surface area (Å²) in [5.41, 5.74) is 3.64. The van der Waals surface area contributed by atoms with Gasteiger partial charge in [-0.1, -0.05) is 44.4 Å². The summed E-state index contributed by atoms with van der Waals surface area (Å²) in [6.07, 6.45) is 8.17. The average Bonchev–Trinajstić information content (AvgIpc) is 3.07. The zero-order chi connectivity index (χ0) is 20.6. The van der Waals surface area contributed by atoms with Gasteiger partial charge in [-0.3, -0.25) is 9.79 Å². The predicted molar refractivity (Wildman–Crippen MR) is 119 cm³/mol. The molecule has 2 aromatic rings. The Morgan fingerprint density at radius 2 is 2.00 bits per heavy atom. The van der Waals surface area contributed by atoms with Crippen molar-refractivity contribution in [3.63, 3.8) is 0 Å². The maximum Gasteiger partial charge on any atom is 0.163 e. The molecule has 0 fully saturated rings. The van der Waals surface area contributed by atoms with E-state index >= 15 is 0 Å². The van der Waals surface area contributed by atoms with E-state index in [0.717, 1.165) is 25.5 Å². The Kier molecular flexibility index (Phi) is 7.28. The van der Waals surface area contributed by atoms with Gasteiger partial charge in [-0.05, 0) is 30.5 Å². The first-order valence-electron chi connectivity index (χ1n) is 10.3. The van der Waals surface area contributed by atoms with Crippen LogP contribution in [0, 0.1) is 0 Å². The van der Waals surface area contributed by atoms with Gasteiger partial charge in [-0.2, -0.15) is 0 Å². The second-order valence-corrected chi connectivity index (χ2v) is 7.38. The number of likely N-dealkylation sites (N-methyl/N-ethyl adjacent to an activating group) is 1. The van der Waals surface area contributed by atoms with Crippen molar-refractivity contribution in [2.24, 2.45) is 4.99 Å². The number of benzene rings is 2. The van der Waals surface area contributed by atoms with Crippen LogP contribution < -0.4 is 14.4 Å². The number of nitrogens with zero attached hydrogens (tertiary/aromatic N) is 2. The number of carbonyl (C=O) groups is 1. The fraction of sp³-hybridized carbons (Fsp3) is 0.417. The van der Waals surface area contributed by atoms with Crippen LogP contribution in [0.5, 0.6) is 11.5 Å². The molecule has 0 radical (unpaired) electrons. The minimum Gasteiger partial charge on any atom is -0.493 e. The van der Waals surface area contributed by atoms with Crippen LogP contribution in [0.3, 0.4) is 0 Å². The van der Waals surface area contributed by atoms with Crippen molar-refractivity contribution in [1.29, 1.82) is 0 Å². The van der Waals surface area contributed by atoms with E-state index in [2.05, 4.69) is 42.1 Å². The molecule has 154 valence electrons. The number of carbonyl (C=O) groups excluding carboxylic acids is 1. The van der Waals surface area contributed by atoms with Gasteiger partial charge in [-0.15, -0.1) is 0 Å². The third-order valence-electron chi connectivity index (χ3n) is 5.38. The lowest BCUT2D eigenvalue weighted by Gasteiger charge is -2.19. The SMILES string of the molecule is CCCCCCOc1cc(N=CC2Cc3ccccc3N2C)c(C=O)cc1OC. The fourth-order valence-corrected chi connectivity index (χ4v) is 3.64. The topological polar surface area (TPSA) is 51.1 Å². The molecule has 1 aliphatic rings. The molecule has 1 heterocycles. The van der Waals surface area contributed by atoms with Gasteiger partial charge >= 0.3 is 0 Å². The lowest BCUT2D eigenvalue weighted by Crippen LogP contribution is -2.28. The fourth-order valence-electron chi connectivity index (χ4n) is 3.64. The molecule has 29 heavy (non-hydrogen) atoms. The Balaban J connectivity index is 1.76. The lowest BCUT2D eigenvalue weighted by molar-refractivity contribution is 0.112. The minimum atomic E-state index is 0.160. The molecule has 1 aliphatic heterocycles. The average molecular weight is 395 g/mol. The number of methoxy groups -OCH3 is 1. The molecule has 5 heteroatoms. The number of ether oxygens (including phenoxy) is 2. The Labute approximate surface area is 173 Å². The zero-order valence-electron chi connectivity index (χ0n) is 17.6. The molecule has 1 unspecified atom stereocenters. The molecular weight excluding hydrogens is 364 g/mol. The lowest BCUT2D eigenvalue weighted by atomic mass is 10.1. The van der Waals surface area contributed by atoms with E-state index in [1.165, 1.54) is 24.1 Å². The van der Waals surface area contributed by atoms with Gasteiger partial charge in [0.2, 0.25) is 0 Å². The van der Waals surface area contributed by atoms with Crippen LogP contribution in [-0.2, 0) is 6.42 Å². The molecule has 0 saturated carbocycles. The smallest absolute Gasteiger partial charge is 0.163 e. The van der Waals surface area contributed by atoms with E-state index in [1.54, 1.807) is 19.2 Å². The molecule has 0 aliphatic carbocycles. The summed E-state index contributed by atoms with van der Waals surface area (Å²) in [5, 5.41) is 0. The Morgan fingerprint density at radius 3 is 2.72 bits per heavy atom. The van der Waals surface area contributed by atoms with Crippen LogP contribution in [0.2, 0.25) is 0 Å². The van der Waals surface area contributed by atoms with Gasteiger partial charge in [0.1, 0.15) is 0 Å².